The smallest absolute Gasteiger partial charge is 0.357 e. The second-order valence-electron chi connectivity index (χ2n) is 1.87. The molecule has 1 aromatic rings. The van der Waals surface area contributed by atoms with Crippen LogP contribution in [0.25, 0.3) is 0 Å². The van der Waals surface area contributed by atoms with Crippen LogP contribution in [-0.4, -0.2) is 22.6 Å². The molecule has 0 unspecified atom stereocenters. The highest BCUT2D eigenvalue weighted by Gasteiger charge is 2.08. The normalized spacial score (nSPS) is 9.55. The molecular weight excluding hydrogens is 148 g/mol. The molecule has 0 aliphatic carbocycles. The molecule has 0 spiro atoms. The standard InChI is InChI=1S/C6H8N2O3/c1-2-7-6-8-4(3-11-6)5(9)10/h3H,2H2,1H3,(H,7,8)(H,9,10). The minimum atomic E-state index is -1.09. The quantitative estimate of drug-likeness (QED) is 0.677. The Balaban J connectivity index is 2.73. The first-order valence-electron chi connectivity index (χ1n) is 3.16. The minimum absolute atomic E-state index is 0.0825. The molecule has 0 saturated heterocycles. The maximum Gasteiger partial charge on any atom is 0.357 e. The summed E-state index contributed by atoms with van der Waals surface area (Å²) in [4.78, 5) is 13.9. The Morgan fingerprint density at radius 2 is 2.64 bits per heavy atom. The van der Waals surface area contributed by atoms with Crippen molar-refractivity contribution < 1.29 is 14.3 Å². The Morgan fingerprint density at radius 3 is 3.09 bits per heavy atom. The van der Waals surface area contributed by atoms with Gasteiger partial charge in [0, 0.05) is 6.54 Å². The van der Waals surface area contributed by atoms with Gasteiger partial charge in [-0.25, -0.2) is 4.79 Å². The Morgan fingerprint density at radius 1 is 1.91 bits per heavy atom. The molecule has 1 aromatic heterocycles. The van der Waals surface area contributed by atoms with E-state index in [1.54, 1.807) is 0 Å². The van der Waals surface area contributed by atoms with Gasteiger partial charge in [0.2, 0.25) is 0 Å². The van der Waals surface area contributed by atoms with Crippen LogP contribution < -0.4 is 5.32 Å². The maximum atomic E-state index is 10.3. The van der Waals surface area contributed by atoms with Crippen molar-refractivity contribution in [3.05, 3.63) is 12.0 Å². The lowest BCUT2D eigenvalue weighted by Crippen LogP contribution is -1.99. The van der Waals surface area contributed by atoms with E-state index in [2.05, 4.69) is 10.3 Å². The summed E-state index contributed by atoms with van der Waals surface area (Å²) in [5.74, 6) is -1.09. The van der Waals surface area contributed by atoms with Crippen molar-refractivity contribution in [1.82, 2.24) is 4.98 Å². The van der Waals surface area contributed by atoms with Gasteiger partial charge in [-0.05, 0) is 6.92 Å². The molecule has 2 N–H and O–H groups in total. The van der Waals surface area contributed by atoms with Crippen molar-refractivity contribution in [2.45, 2.75) is 6.92 Å². The number of rotatable bonds is 3. The van der Waals surface area contributed by atoms with E-state index in [-0.39, 0.29) is 11.7 Å². The molecule has 5 nitrogen and oxygen atoms in total. The van der Waals surface area contributed by atoms with Gasteiger partial charge in [-0.15, -0.1) is 0 Å². The first-order valence-corrected chi connectivity index (χ1v) is 3.16. The van der Waals surface area contributed by atoms with Crippen molar-refractivity contribution in [3.8, 4) is 0 Å². The number of carboxylic acid groups (broad SMARTS) is 1. The summed E-state index contributed by atoms with van der Waals surface area (Å²) in [7, 11) is 0. The summed E-state index contributed by atoms with van der Waals surface area (Å²) in [6.45, 7) is 2.52. The summed E-state index contributed by atoms with van der Waals surface area (Å²) in [6, 6.07) is 0.241. The molecule has 0 amide bonds. The second kappa shape index (κ2) is 3.05. The summed E-state index contributed by atoms with van der Waals surface area (Å²) in [6.07, 6.45) is 1.10. The summed E-state index contributed by atoms with van der Waals surface area (Å²) in [5, 5.41) is 11.2. The van der Waals surface area contributed by atoms with Crippen molar-refractivity contribution in [3.63, 3.8) is 0 Å². The Labute approximate surface area is 63.0 Å². The van der Waals surface area contributed by atoms with Crippen LogP contribution in [0, 0.1) is 0 Å². The number of anilines is 1. The molecule has 0 saturated carbocycles. The number of hydrogen-bond donors (Lipinski definition) is 2. The van der Waals surface area contributed by atoms with Crippen LogP contribution in [0.5, 0.6) is 0 Å². The van der Waals surface area contributed by atoms with Crippen molar-refractivity contribution in [2.24, 2.45) is 0 Å². The number of oxazole rings is 1. The van der Waals surface area contributed by atoms with E-state index >= 15 is 0 Å². The van der Waals surface area contributed by atoms with E-state index in [0.717, 1.165) is 6.26 Å². The topological polar surface area (TPSA) is 75.4 Å². The maximum absolute atomic E-state index is 10.3. The molecular formula is C6H8N2O3. The van der Waals surface area contributed by atoms with Crippen LogP contribution in [0.2, 0.25) is 0 Å². The van der Waals surface area contributed by atoms with E-state index < -0.39 is 5.97 Å². The monoisotopic (exact) mass is 156 g/mol. The molecule has 0 aromatic carbocycles. The number of hydrogen-bond acceptors (Lipinski definition) is 4. The van der Waals surface area contributed by atoms with Gasteiger partial charge in [0.05, 0.1) is 0 Å². The van der Waals surface area contributed by atoms with Crippen LogP contribution in [0.1, 0.15) is 17.4 Å². The zero-order valence-corrected chi connectivity index (χ0v) is 6.00. The number of aromatic carboxylic acids is 1. The fourth-order valence-electron chi connectivity index (χ4n) is 0.604. The van der Waals surface area contributed by atoms with Gasteiger partial charge in [-0.1, -0.05) is 0 Å². The lowest BCUT2D eigenvalue weighted by Gasteiger charge is -1.91. The molecule has 0 bridgehead atoms. The van der Waals surface area contributed by atoms with Crippen molar-refractivity contribution in [1.29, 1.82) is 0 Å². The van der Waals surface area contributed by atoms with Gasteiger partial charge in [-0.3, -0.25) is 0 Å². The highest BCUT2D eigenvalue weighted by atomic mass is 16.4. The zero-order chi connectivity index (χ0) is 8.27. The summed E-state index contributed by atoms with van der Waals surface area (Å²) < 4.78 is 4.76. The van der Waals surface area contributed by atoms with Crippen LogP contribution >= 0.6 is 0 Å². The molecule has 1 heterocycles. The highest BCUT2D eigenvalue weighted by molar-refractivity contribution is 5.85. The third-order valence-electron chi connectivity index (χ3n) is 1.05. The molecule has 1 rings (SSSR count). The fourth-order valence-corrected chi connectivity index (χ4v) is 0.604. The van der Waals surface area contributed by atoms with Gasteiger partial charge < -0.3 is 14.8 Å². The number of nitrogens with one attached hydrogen (secondary N) is 1. The molecule has 0 fully saturated rings. The van der Waals surface area contributed by atoms with E-state index in [9.17, 15) is 4.79 Å². The number of carbonyl (C=O) groups is 1. The highest BCUT2D eigenvalue weighted by Crippen LogP contribution is 2.05. The number of carboxylic acids is 1. The van der Waals surface area contributed by atoms with Crippen LogP contribution in [0.15, 0.2) is 10.7 Å². The van der Waals surface area contributed by atoms with Crippen LogP contribution in [0.4, 0.5) is 6.01 Å². The fraction of sp³-hybridized carbons (Fsp3) is 0.333. The largest absolute Gasteiger partial charge is 0.476 e. The average Bonchev–Trinajstić information content (AvgIpc) is 2.37. The SMILES string of the molecule is CCNc1nc(C(=O)O)co1. The molecule has 0 aliphatic heterocycles. The zero-order valence-electron chi connectivity index (χ0n) is 6.00. The Bertz CT molecular complexity index is 256. The first-order chi connectivity index (χ1) is 5.24. The third-order valence-corrected chi connectivity index (χ3v) is 1.05. The lowest BCUT2D eigenvalue weighted by atomic mass is 10.5. The van der Waals surface area contributed by atoms with E-state index in [1.807, 2.05) is 6.92 Å². The molecule has 0 radical (unpaired) electrons. The molecule has 0 aliphatic rings. The van der Waals surface area contributed by atoms with Crippen LogP contribution in [-0.2, 0) is 0 Å². The number of nitrogens with zero attached hydrogens (tertiary/aromatic N) is 1. The molecule has 0 atom stereocenters. The van der Waals surface area contributed by atoms with Gasteiger partial charge in [0.1, 0.15) is 6.26 Å². The van der Waals surface area contributed by atoms with Gasteiger partial charge in [0.25, 0.3) is 6.01 Å². The number of aromatic nitrogens is 1. The van der Waals surface area contributed by atoms with Gasteiger partial charge >= 0.3 is 5.97 Å². The molecule has 11 heavy (non-hydrogen) atoms. The lowest BCUT2D eigenvalue weighted by molar-refractivity contribution is 0.0690. The van der Waals surface area contributed by atoms with Crippen LogP contribution in [0.3, 0.4) is 0 Å². The molecule has 60 valence electrons. The average molecular weight is 156 g/mol. The predicted octanol–water partition coefficient (Wildman–Crippen LogP) is 0.805. The first kappa shape index (κ1) is 7.59. The van der Waals surface area contributed by atoms with Crippen molar-refractivity contribution in [2.75, 3.05) is 11.9 Å². The van der Waals surface area contributed by atoms with E-state index in [1.165, 1.54) is 0 Å². The summed E-state index contributed by atoms with van der Waals surface area (Å²) >= 11 is 0. The Hall–Kier alpha value is -1.52. The Kier molecular flexibility index (Phi) is 2.10. The molecule has 5 heteroatoms. The minimum Gasteiger partial charge on any atom is -0.476 e. The third kappa shape index (κ3) is 1.70. The van der Waals surface area contributed by atoms with Gasteiger partial charge in [-0.2, -0.15) is 4.98 Å². The second-order valence-corrected chi connectivity index (χ2v) is 1.87. The van der Waals surface area contributed by atoms with Gasteiger partial charge in [0.15, 0.2) is 5.69 Å². The van der Waals surface area contributed by atoms with E-state index in [4.69, 9.17) is 9.52 Å². The summed E-state index contributed by atoms with van der Waals surface area (Å²) in [5.41, 5.74) is -0.0825. The predicted molar refractivity (Wildman–Crippen MR) is 37.6 cm³/mol. The van der Waals surface area contributed by atoms with E-state index in [0.29, 0.717) is 6.54 Å². The van der Waals surface area contributed by atoms with Crippen molar-refractivity contribution >= 4 is 12.0 Å².